The summed E-state index contributed by atoms with van der Waals surface area (Å²) in [7, 11) is 0. The van der Waals surface area contributed by atoms with Crippen molar-refractivity contribution < 1.29 is 9.18 Å². The van der Waals surface area contributed by atoms with Crippen LogP contribution in [0.2, 0.25) is 0 Å². The molecule has 2 N–H and O–H groups in total. The summed E-state index contributed by atoms with van der Waals surface area (Å²) < 4.78 is 15.0. The Morgan fingerprint density at radius 2 is 1.92 bits per heavy atom. The first-order valence-electron chi connectivity index (χ1n) is 8.98. The molecule has 2 aromatic rings. The summed E-state index contributed by atoms with van der Waals surface area (Å²) >= 11 is 0. The van der Waals surface area contributed by atoms with E-state index in [0.717, 1.165) is 5.82 Å². The van der Waals surface area contributed by atoms with Gasteiger partial charge >= 0.3 is 0 Å². The number of hydrogen-bond donors (Lipinski definition) is 2. The van der Waals surface area contributed by atoms with E-state index in [-0.39, 0.29) is 11.8 Å². The fraction of sp³-hybridized carbons (Fsp3) is 0.421. The SMILES string of the molecule is O=C(Nc1ccc(C2(F)CCNCC2)cc1)C1CN(c2cccnn2)C1. The van der Waals surface area contributed by atoms with E-state index in [4.69, 9.17) is 0 Å². The molecular weight excluding hydrogens is 333 g/mol. The highest BCUT2D eigenvalue weighted by Crippen LogP contribution is 2.35. The molecule has 4 rings (SSSR count). The molecule has 0 atom stereocenters. The Balaban J connectivity index is 1.32. The first-order chi connectivity index (χ1) is 12.6. The Morgan fingerprint density at radius 3 is 2.58 bits per heavy atom. The van der Waals surface area contributed by atoms with E-state index in [2.05, 4.69) is 20.8 Å². The Hall–Kier alpha value is -2.54. The summed E-state index contributed by atoms with van der Waals surface area (Å²) in [5, 5.41) is 14.0. The number of hydrogen-bond acceptors (Lipinski definition) is 5. The van der Waals surface area contributed by atoms with Crippen molar-refractivity contribution in [3.05, 3.63) is 48.2 Å². The molecule has 2 saturated heterocycles. The smallest absolute Gasteiger partial charge is 0.231 e. The van der Waals surface area contributed by atoms with E-state index in [0.29, 0.717) is 50.3 Å². The lowest BCUT2D eigenvalue weighted by Gasteiger charge is -2.38. The molecule has 6 nitrogen and oxygen atoms in total. The molecule has 3 heterocycles. The zero-order valence-corrected chi connectivity index (χ0v) is 14.5. The molecule has 2 fully saturated rings. The van der Waals surface area contributed by atoms with Crippen LogP contribution in [0.5, 0.6) is 0 Å². The van der Waals surface area contributed by atoms with Crippen molar-refractivity contribution in [2.75, 3.05) is 36.4 Å². The van der Waals surface area contributed by atoms with Crippen LogP contribution >= 0.6 is 0 Å². The van der Waals surface area contributed by atoms with Crippen molar-refractivity contribution in [3.8, 4) is 0 Å². The van der Waals surface area contributed by atoms with Crippen LogP contribution in [0, 0.1) is 5.92 Å². The van der Waals surface area contributed by atoms with Gasteiger partial charge in [0.15, 0.2) is 5.82 Å². The van der Waals surface area contributed by atoms with E-state index in [1.54, 1.807) is 30.5 Å². The molecule has 1 amide bonds. The van der Waals surface area contributed by atoms with Crippen LogP contribution in [0.1, 0.15) is 18.4 Å². The van der Waals surface area contributed by atoms with Gasteiger partial charge in [-0.2, -0.15) is 5.10 Å². The minimum absolute atomic E-state index is 0.0188. The highest BCUT2D eigenvalue weighted by atomic mass is 19.1. The van der Waals surface area contributed by atoms with Gasteiger partial charge in [-0.15, -0.1) is 5.10 Å². The lowest BCUT2D eigenvalue weighted by molar-refractivity contribution is -0.120. The summed E-state index contributed by atoms with van der Waals surface area (Å²) in [6.07, 6.45) is 2.60. The van der Waals surface area contributed by atoms with E-state index in [9.17, 15) is 9.18 Å². The summed E-state index contributed by atoms with van der Waals surface area (Å²) in [6, 6.07) is 10.9. The third-order valence-corrected chi connectivity index (χ3v) is 5.20. The van der Waals surface area contributed by atoms with Gasteiger partial charge in [0, 0.05) is 25.0 Å². The number of benzene rings is 1. The van der Waals surface area contributed by atoms with Gasteiger partial charge in [0.1, 0.15) is 5.67 Å². The van der Waals surface area contributed by atoms with E-state index in [1.807, 2.05) is 17.0 Å². The third kappa shape index (κ3) is 3.39. The van der Waals surface area contributed by atoms with Crippen LogP contribution in [-0.4, -0.2) is 42.3 Å². The molecule has 26 heavy (non-hydrogen) atoms. The summed E-state index contributed by atoms with van der Waals surface area (Å²) in [6.45, 7) is 2.64. The van der Waals surface area contributed by atoms with Gasteiger partial charge in [-0.25, -0.2) is 4.39 Å². The number of nitrogens with zero attached hydrogens (tertiary/aromatic N) is 3. The zero-order valence-electron chi connectivity index (χ0n) is 14.5. The first-order valence-corrected chi connectivity index (χ1v) is 8.98. The summed E-state index contributed by atoms with van der Waals surface area (Å²) in [4.78, 5) is 14.4. The number of carbonyl (C=O) groups excluding carboxylic acids is 1. The monoisotopic (exact) mass is 355 g/mol. The molecule has 0 bridgehead atoms. The number of anilines is 2. The number of rotatable bonds is 4. The quantitative estimate of drug-likeness (QED) is 0.879. The van der Waals surface area contributed by atoms with Crippen molar-refractivity contribution in [1.29, 1.82) is 0 Å². The average Bonchev–Trinajstić information content (AvgIpc) is 2.62. The maximum Gasteiger partial charge on any atom is 0.231 e. The maximum absolute atomic E-state index is 15.0. The Bertz CT molecular complexity index is 755. The second kappa shape index (κ2) is 6.99. The van der Waals surface area contributed by atoms with Crippen molar-refractivity contribution >= 4 is 17.4 Å². The van der Waals surface area contributed by atoms with Crippen molar-refractivity contribution in [2.45, 2.75) is 18.5 Å². The number of carbonyl (C=O) groups is 1. The molecule has 0 radical (unpaired) electrons. The van der Waals surface area contributed by atoms with Crippen molar-refractivity contribution in [3.63, 3.8) is 0 Å². The van der Waals surface area contributed by atoms with Gasteiger partial charge in [0.05, 0.1) is 5.92 Å². The largest absolute Gasteiger partial charge is 0.353 e. The highest BCUT2D eigenvalue weighted by Gasteiger charge is 2.35. The molecule has 2 aliphatic heterocycles. The van der Waals surface area contributed by atoms with Crippen LogP contribution in [-0.2, 0) is 10.5 Å². The number of amides is 1. The Kier molecular flexibility index (Phi) is 4.55. The normalized spacial score (nSPS) is 19.7. The van der Waals surface area contributed by atoms with Crippen molar-refractivity contribution in [1.82, 2.24) is 15.5 Å². The number of piperidine rings is 1. The van der Waals surface area contributed by atoms with Crippen molar-refractivity contribution in [2.24, 2.45) is 5.92 Å². The zero-order chi connectivity index (χ0) is 18.0. The number of halogens is 1. The topological polar surface area (TPSA) is 70.2 Å². The van der Waals surface area contributed by atoms with Crippen LogP contribution in [0.3, 0.4) is 0 Å². The minimum Gasteiger partial charge on any atom is -0.353 e. The third-order valence-electron chi connectivity index (χ3n) is 5.20. The predicted molar refractivity (Wildman–Crippen MR) is 97.7 cm³/mol. The number of alkyl halides is 1. The van der Waals surface area contributed by atoms with Crippen LogP contribution in [0.15, 0.2) is 42.6 Å². The Labute approximate surface area is 151 Å². The molecule has 136 valence electrons. The number of aromatic nitrogens is 2. The average molecular weight is 355 g/mol. The van der Waals surface area contributed by atoms with Gasteiger partial charge in [0.2, 0.25) is 5.91 Å². The summed E-state index contributed by atoms with van der Waals surface area (Å²) in [5.41, 5.74) is 0.127. The minimum atomic E-state index is -1.26. The van der Waals surface area contributed by atoms with E-state index < -0.39 is 5.67 Å². The molecule has 1 aromatic heterocycles. The van der Waals surface area contributed by atoms with Gasteiger partial charge in [-0.3, -0.25) is 4.79 Å². The summed E-state index contributed by atoms with van der Waals surface area (Å²) in [5.74, 6) is 0.694. The lowest BCUT2D eigenvalue weighted by atomic mass is 9.87. The van der Waals surface area contributed by atoms with Crippen LogP contribution in [0.25, 0.3) is 0 Å². The molecule has 0 saturated carbocycles. The molecule has 0 spiro atoms. The molecule has 1 aromatic carbocycles. The van der Waals surface area contributed by atoms with Gasteiger partial charge in [-0.05, 0) is 55.8 Å². The van der Waals surface area contributed by atoms with Gasteiger partial charge in [0.25, 0.3) is 0 Å². The fourth-order valence-electron chi connectivity index (χ4n) is 3.50. The fourth-order valence-corrected chi connectivity index (χ4v) is 3.50. The van der Waals surface area contributed by atoms with E-state index in [1.165, 1.54) is 0 Å². The maximum atomic E-state index is 15.0. The second-order valence-electron chi connectivity index (χ2n) is 6.97. The predicted octanol–water partition coefficient (Wildman–Crippen LogP) is 2.10. The van der Waals surface area contributed by atoms with Crippen LogP contribution in [0.4, 0.5) is 15.9 Å². The van der Waals surface area contributed by atoms with Gasteiger partial charge in [-0.1, -0.05) is 12.1 Å². The Morgan fingerprint density at radius 1 is 1.19 bits per heavy atom. The molecular formula is C19H22FN5O. The molecule has 2 aliphatic rings. The first kappa shape index (κ1) is 16.9. The highest BCUT2D eigenvalue weighted by molar-refractivity contribution is 5.94. The second-order valence-corrected chi connectivity index (χ2v) is 6.97. The number of nitrogens with one attached hydrogen (secondary N) is 2. The van der Waals surface area contributed by atoms with Crippen LogP contribution < -0.4 is 15.5 Å². The molecule has 7 heteroatoms. The standard InChI is InChI=1S/C19H22FN5O/c20-19(7-10-21-11-8-19)15-3-5-16(6-4-15)23-18(26)14-12-25(13-14)17-2-1-9-22-24-17/h1-6,9,14,21H,7-8,10-13H2,(H,23,26). The molecule has 0 unspecified atom stereocenters. The van der Waals surface area contributed by atoms with Gasteiger partial charge < -0.3 is 15.5 Å². The lowest BCUT2D eigenvalue weighted by Crippen LogP contribution is -2.52. The van der Waals surface area contributed by atoms with E-state index >= 15 is 0 Å². The molecule has 0 aliphatic carbocycles.